The van der Waals surface area contributed by atoms with Crippen molar-refractivity contribution in [2.45, 2.75) is 38.2 Å². The highest BCUT2D eigenvalue weighted by atomic mass is 32.2. The van der Waals surface area contributed by atoms with Crippen LogP contribution in [-0.2, 0) is 14.8 Å². The van der Waals surface area contributed by atoms with Crippen LogP contribution < -0.4 is 9.04 Å². The molecule has 0 aliphatic heterocycles. The summed E-state index contributed by atoms with van der Waals surface area (Å²) in [7, 11) is -4.34. The number of rotatable bonds is 3. The summed E-state index contributed by atoms with van der Waals surface area (Å²) in [6.45, 7) is 6.74. The third-order valence-corrected chi connectivity index (χ3v) is 5.78. The molecule has 8 heteroatoms. The van der Waals surface area contributed by atoms with E-state index < -0.39 is 21.7 Å². The number of fused-ring (bicyclic) bond motifs is 1. The van der Waals surface area contributed by atoms with Crippen LogP contribution in [0.4, 0.5) is 10.5 Å². The average Bonchev–Trinajstić information content (AvgIpc) is 2.60. The quantitative estimate of drug-likeness (QED) is 0.479. The normalized spacial score (nSPS) is 12.0. The molecule has 0 atom stereocenters. The Morgan fingerprint density at radius 3 is 2.28 bits per heavy atom. The second kappa shape index (κ2) is 7.36. The molecule has 0 unspecified atom stereocenters. The van der Waals surface area contributed by atoms with Crippen molar-refractivity contribution >= 4 is 32.6 Å². The Morgan fingerprint density at radius 1 is 1.03 bits per heavy atom. The summed E-state index contributed by atoms with van der Waals surface area (Å²) >= 11 is 0. The average molecular weight is 414 g/mol. The molecule has 0 aliphatic rings. The smallest absolute Gasteiger partial charge is 0.429 e. The molecule has 0 fully saturated rings. The Kier molecular flexibility index (Phi) is 5.23. The molecule has 0 saturated carbocycles. The monoisotopic (exact) mass is 414 g/mol. The first-order chi connectivity index (χ1) is 13.5. The van der Waals surface area contributed by atoms with Gasteiger partial charge in [0.2, 0.25) is 6.20 Å². The fraction of sp³-hybridized carbons (Fsp3) is 0.238. The van der Waals surface area contributed by atoms with Crippen LogP contribution in [0.25, 0.3) is 10.8 Å². The van der Waals surface area contributed by atoms with Crippen molar-refractivity contribution in [3.63, 3.8) is 0 Å². The predicted molar refractivity (Wildman–Crippen MR) is 110 cm³/mol. The summed E-state index contributed by atoms with van der Waals surface area (Å²) in [4.78, 5) is 12.9. The van der Waals surface area contributed by atoms with Gasteiger partial charge in [-0.1, -0.05) is 35.9 Å². The molecule has 3 aromatic rings. The molecule has 3 rings (SSSR count). The van der Waals surface area contributed by atoms with Gasteiger partial charge < -0.3 is 9.94 Å². The van der Waals surface area contributed by atoms with Gasteiger partial charge in [-0.15, -0.1) is 0 Å². The number of pyridine rings is 1. The third kappa shape index (κ3) is 4.32. The number of hydrogen-bond acceptors (Lipinski definition) is 5. The molecule has 7 nitrogen and oxygen atoms in total. The van der Waals surface area contributed by atoms with E-state index in [1.54, 1.807) is 57.2 Å². The van der Waals surface area contributed by atoms with Gasteiger partial charge in [0.15, 0.2) is 6.20 Å². The summed E-state index contributed by atoms with van der Waals surface area (Å²) in [6.07, 6.45) is 1.28. The first-order valence-corrected chi connectivity index (χ1v) is 10.4. The van der Waals surface area contributed by atoms with Gasteiger partial charge >= 0.3 is 6.09 Å². The maximum Gasteiger partial charge on any atom is 0.429 e. The lowest BCUT2D eigenvalue weighted by molar-refractivity contribution is -0.603. The number of carbonyl (C=O) groups is 1. The lowest BCUT2D eigenvalue weighted by atomic mass is 10.1. The lowest BCUT2D eigenvalue weighted by Gasteiger charge is -2.27. The minimum atomic E-state index is -4.34. The molecule has 0 saturated heterocycles. The predicted octanol–water partition coefficient (Wildman–Crippen LogP) is 3.91. The summed E-state index contributed by atoms with van der Waals surface area (Å²) < 4.78 is 33.3. The number of hydrogen-bond donors (Lipinski definition) is 0. The molecule has 0 radical (unpaired) electrons. The molecule has 1 aromatic heterocycles. The van der Waals surface area contributed by atoms with E-state index in [0.29, 0.717) is 19.8 Å². The van der Waals surface area contributed by atoms with Crippen LogP contribution in [0.5, 0.6) is 0 Å². The van der Waals surface area contributed by atoms with Crippen molar-refractivity contribution in [1.29, 1.82) is 0 Å². The topological polar surface area (TPSA) is 90.6 Å². The zero-order chi connectivity index (χ0) is 21.4. The van der Waals surface area contributed by atoms with Crippen LogP contribution in [-0.4, -0.2) is 20.1 Å². The van der Waals surface area contributed by atoms with Crippen molar-refractivity contribution in [1.82, 2.24) is 0 Å². The zero-order valence-electron chi connectivity index (χ0n) is 16.6. The molecule has 0 bridgehead atoms. The molecule has 1 amide bonds. The number of sulfonamides is 1. The van der Waals surface area contributed by atoms with Gasteiger partial charge in [-0.2, -0.15) is 9.04 Å². The molecule has 0 spiro atoms. The fourth-order valence-electron chi connectivity index (χ4n) is 2.81. The number of aromatic nitrogens is 1. The minimum Gasteiger partial charge on any atom is -0.619 e. The molecule has 2 aromatic carbocycles. The summed E-state index contributed by atoms with van der Waals surface area (Å²) in [5.41, 5.74) is -0.140. The highest BCUT2D eigenvalue weighted by Gasteiger charge is 2.37. The fourth-order valence-corrected chi connectivity index (χ4v) is 4.14. The Morgan fingerprint density at radius 2 is 1.66 bits per heavy atom. The van der Waals surface area contributed by atoms with Crippen LogP contribution in [0, 0.1) is 12.1 Å². The number of nitrogens with zero attached hydrogens (tertiary/aromatic N) is 2. The zero-order valence-corrected chi connectivity index (χ0v) is 17.4. The maximum absolute atomic E-state index is 13.4. The van der Waals surface area contributed by atoms with E-state index in [1.165, 1.54) is 18.3 Å². The van der Waals surface area contributed by atoms with Crippen molar-refractivity contribution in [3.05, 3.63) is 71.7 Å². The second-order valence-electron chi connectivity index (χ2n) is 7.65. The summed E-state index contributed by atoms with van der Waals surface area (Å²) in [5.74, 6) is 0. The lowest BCUT2D eigenvalue weighted by Crippen LogP contribution is -2.42. The first kappa shape index (κ1) is 20.6. The van der Waals surface area contributed by atoms with Crippen LogP contribution in [0.1, 0.15) is 26.3 Å². The molecular weight excluding hydrogens is 392 g/mol. The van der Waals surface area contributed by atoms with Gasteiger partial charge in [0, 0.05) is 10.8 Å². The number of amides is 1. The minimum absolute atomic E-state index is 0.0760. The highest BCUT2D eigenvalue weighted by molar-refractivity contribution is 7.93. The van der Waals surface area contributed by atoms with E-state index in [9.17, 15) is 18.4 Å². The highest BCUT2D eigenvalue weighted by Crippen LogP contribution is 2.31. The van der Waals surface area contributed by atoms with Gasteiger partial charge in [-0.25, -0.2) is 13.2 Å². The van der Waals surface area contributed by atoms with Crippen molar-refractivity contribution in [2.75, 3.05) is 4.31 Å². The number of benzene rings is 2. The van der Waals surface area contributed by atoms with Gasteiger partial charge in [-0.3, -0.25) is 0 Å². The van der Waals surface area contributed by atoms with Gasteiger partial charge in [0.1, 0.15) is 11.3 Å². The Hall–Kier alpha value is -3.13. The largest absolute Gasteiger partial charge is 0.619 e. The maximum atomic E-state index is 13.4. The summed E-state index contributed by atoms with van der Waals surface area (Å²) in [6, 6.07) is 12.8. The van der Waals surface area contributed by atoms with Gasteiger partial charge in [0.05, 0.1) is 4.90 Å². The van der Waals surface area contributed by atoms with E-state index in [1.807, 2.05) is 6.92 Å². The molecule has 0 aliphatic carbocycles. The van der Waals surface area contributed by atoms with E-state index in [2.05, 4.69) is 0 Å². The van der Waals surface area contributed by atoms with E-state index in [-0.39, 0.29) is 10.6 Å². The van der Waals surface area contributed by atoms with Gasteiger partial charge in [-0.05, 0) is 45.9 Å². The Bertz CT molecular complexity index is 1170. The van der Waals surface area contributed by atoms with Crippen molar-refractivity contribution in [2.24, 2.45) is 0 Å². The van der Waals surface area contributed by atoms with Crippen LogP contribution in [0.15, 0.2) is 65.8 Å². The Balaban J connectivity index is 2.28. The Labute approximate surface area is 169 Å². The SMILES string of the molecule is Cc1ccc(S(=O)(=O)N(C(=O)OC(C)(C)C)c2c[n+]([O-])cc3ccccc23)cc1. The molecular formula is C21H22N2O5S. The second-order valence-corrected chi connectivity index (χ2v) is 9.44. The molecule has 0 N–H and O–H groups in total. The van der Waals surface area contributed by atoms with Crippen molar-refractivity contribution < 1.29 is 22.7 Å². The third-order valence-electron chi connectivity index (χ3n) is 4.09. The molecule has 152 valence electrons. The standard InChI is InChI=1S/C21H22N2O5S/c1-15-9-11-17(12-10-15)29(26,27)23(20(24)28-21(2,3)4)19-14-22(25)13-16-7-5-6-8-18(16)19/h5-14H,1-4H3. The molecule has 29 heavy (non-hydrogen) atoms. The number of anilines is 1. The van der Waals surface area contributed by atoms with Gasteiger partial charge in [0.25, 0.3) is 10.0 Å². The molecule has 1 heterocycles. The van der Waals surface area contributed by atoms with Crippen LogP contribution >= 0.6 is 0 Å². The van der Waals surface area contributed by atoms with Crippen LogP contribution in [0.3, 0.4) is 0 Å². The first-order valence-electron chi connectivity index (χ1n) is 8.95. The number of carbonyl (C=O) groups excluding carboxylic acids is 1. The summed E-state index contributed by atoms with van der Waals surface area (Å²) in [5, 5.41) is 13.1. The number of ether oxygens (including phenoxy) is 1. The van der Waals surface area contributed by atoms with Crippen molar-refractivity contribution in [3.8, 4) is 0 Å². The van der Waals surface area contributed by atoms with E-state index in [0.717, 1.165) is 11.8 Å². The van der Waals surface area contributed by atoms with E-state index >= 15 is 0 Å². The number of aryl methyl sites for hydroxylation is 1. The van der Waals surface area contributed by atoms with Crippen LogP contribution in [0.2, 0.25) is 0 Å². The van der Waals surface area contributed by atoms with E-state index in [4.69, 9.17) is 4.74 Å².